The molecule has 0 spiro atoms. The topological polar surface area (TPSA) is 104 Å². The van der Waals surface area contributed by atoms with Crippen LogP contribution in [0.3, 0.4) is 0 Å². The lowest BCUT2D eigenvalue weighted by molar-refractivity contribution is 0.0664. The van der Waals surface area contributed by atoms with Crippen molar-refractivity contribution in [3.63, 3.8) is 0 Å². The lowest BCUT2D eigenvalue weighted by Gasteiger charge is -2.37. The Labute approximate surface area is 215 Å². The maximum absolute atomic E-state index is 12.9. The summed E-state index contributed by atoms with van der Waals surface area (Å²) in [4.78, 5) is 25.1. The van der Waals surface area contributed by atoms with Gasteiger partial charge in [0.2, 0.25) is 12.2 Å². The second kappa shape index (κ2) is 11.0. The Kier molecular flexibility index (Phi) is 7.86. The minimum absolute atomic E-state index is 0.0989. The molecule has 0 atom stereocenters. The molecule has 3 N–H and O–H groups in total. The lowest BCUT2D eigenvalue weighted by atomic mass is 10.1. The van der Waals surface area contributed by atoms with Crippen molar-refractivity contribution in [1.29, 1.82) is 5.26 Å². The molecule has 2 aliphatic rings. The van der Waals surface area contributed by atoms with Gasteiger partial charge in [-0.15, -0.1) is 4.99 Å². The maximum Gasteiger partial charge on any atom is 0.254 e. The SMILES string of the molecule is CN1CCN(C(=O)c2cc(Cl)c(N/C(=N/C#N)N3CCN(c4ccc(N)cc4)CC3)c(Cl)c2)CC1. The fraction of sp³-hybridized carbons (Fsp3) is 0.375. The Hall–Kier alpha value is -3.19. The minimum Gasteiger partial charge on any atom is -0.399 e. The number of carbonyl (C=O) groups is 1. The van der Waals surface area contributed by atoms with Crippen LogP contribution in [0.4, 0.5) is 17.1 Å². The number of anilines is 3. The molecular weight excluding hydrogens is 487 g/mol. The Bertz CT molecular complexity index is 1110. The number of nitrogen functional groups attached to an aromatic ring is 1. The lowest BCUT2D eigenvalue weighted by Crippen LogP contribution is -2.50. The van der Waals surface area contributed by atoms with Crippen molar-refractivity contribution in [2.75, 3.05) is 75.4 Å². The van der Waals surface area contributed by atoms with Gasteiger partial charge in [0.15, 0.2) is 0 Å². The largest absolute Gasteiger partial charge is 0.399 e. The van der Waals surface area contributed by atoms with Gasteiger partial charge in [0.1, 0.15) is 0 Å². The third-order valence-corrected chi connectivity index (χ3v) is 6.91. The smallest absolute Gasteiger partial charge is 0.254 e. The molecule has 0 saturated carbocycles. The second-order valence-corrected chi connectivity index (χ2v) is 9.45. The zero-order chi connectivity index (χ0) is 24.9. The molecule has 2 fully saturated rings. The zero-order valence-corrected chi connectivity index (χ0v) is 21.1. The van der Waals surface area contributed by atoms with Crippen LogP contribution in [0.5, 0.6) is 0 Å². The minimum atomic E-state index is -0.0989. The second-order valence-electron chi connectivity index (χ2n) is 8.64. The van der Waals surface area contributed by atoms with Gasteiger partial charge in [-0.2, -0.15) is 5.26 Å². The van der Waals surface area contributed by atoms with Crippen molar-refractivity contribution >= 4 is 52.1 Å². The van der Waals surface area contributed by atoms with Crippen LogP contribution in [-0.4, -0.2) is 86.0 Å². The number of nitrogens with two attached hydrogens (primary N) is 1. The Balaban J connectivity index is 1.44. The normalized spacial score (nSPS) is 17.3. The Morgan fingerprint density at radius 2 is 1.54 bits per heavy atom. The van der Waals surface area contributed by atoms with Crippen molar-refractivity contribution in [3.05, 3.63) is 52.0 Å². The quantitative estimate of drug-likeness (QED) is 0.280. The fourth-order valence-corrected chi connectivity index (χ4v) is 4.79. The highest BCUT2D eigenvalue weighted by molar-refractivity contribution is 6.40. The molecule has 2 aromatic rings. The standard InChI is InChI=1S/C24H28Cl2N8O/c1-31-6-8-33(9-7-31)23(35)17-14-20(25)22(21(26)15-17)30-24(29-16-27)34-12-10-32(11-13-34)19-4-2-18(28)3-5-19/h2-5,14-15H,6-13,28H2,1H3,(H,29,30). The molecule has 0 bridgehead atoms. The molecule has 1 amide bonds. The number of likely N-dealkylation sites (N-methyl/N-ethyl adjacent to an activating group) is 1. The van der Waals surface area contributed by atoms with E-state index in [1.54, 1.807) is 17.0 Å². The number of rotatable bonds is 3. The molecule has 4 rings (SSSR count). The van der Waals surface area contributed by atoms with Gasteiger partial charge in [-0.25, -0.2) is 0 Å². The van der Waals surface area contributed by atoms with E-state index in [1.165, 1.54) is 0 Å². The van der Waals surface area contributed by atoms with E-state index >= 15 is 0 Å². The van der Waals surface area contributed by atoms with E-state index in [9.17, 15) is 10.1 Å². The van der Waals surface area contributed by atoms with E-state index in [4.69, 9.17) is 28.9 Å². The molecule has 2 aromatic carbocycles. The van der Waals surface area contributed by atoms with Gasteiger partial charge in [-0.05, 0) is 43.4 Å². The highest BCUT2D eigenvalue weighted by atomic mass is 35.5. The van der Waals surface area contributed by atoms with Crippen LogP contribution in [0.1, 0.15) is 10.4 Å². The number of nitrogens with one attached hydrogen (secondary N) is 1. The van der Waals surface area contributed by atoms with E-state index in [-0.39, 0.29) is 5.91 Å². The Morgan fingerprint density at radius 3 is 2.11 bits per heavy atom. The molecule has 0 aliphatic carbocycles. The molecule has 35 heavy (non-hydrogen) atoms. The summed E-state index contributed by atoms with van der Waals surface area (Å²) in [7, 11) is 2.04. The van der Waals surface area contributed by atoms with E-state index in [1.807, 2.05) is 42.4 Å². The zero-order valence-electron chi connectivity index (χ0n) is 19.5. The highest BCUT2D eigenvalue weighted by Crippen LogP contribution is 2.33. The van der Waals surface area contributed by atoms with Gasteiger partial charge in [0, 0.05) is 69.3 Å². The number of aliphatic imine (C=N–C) groups is 1. The number of halogens is 2. The third kappa shape index (κ3) is 5.90. The number of piperazine rings is 2. The number of hydrogen-bond acceptors (Lipinski definition) is 6. The van der Waals surface area contributed by atoms with Crippen LogP contribution < -0.4 is 16.0 Å². The average molecular weight is 515 g/mol. The molecule has 2 heterocycles. The molecule has 2 aliphatic heterocycles. The number of guanidine groups is 1. The monoisotopic (exact) mass is 514 g/mol. The third-order valence-electron chi connectivity index (χ3n) is 6.31. The molecule has 0 aromatic heterocycles. The molecular formula is C24H28Cl2N8O. The van der Waals surface area contributed by atoms with Gasteiger partial charge in [-0.3, -0.25) is 4.79 Å². The van der Waals surface area contributed by atoms with Crippen LogP contribution in [0.15, 0.2) is 41.4 Å². The number of hydrogen-bond donors (Lipinski definition) is 2. The van der Waals surface area contributed by atoms with Crippen molar-refractivity contribution in [2.45, 2.75) is 0 Å². The van der Waals surface area contributed by atoms with Crippen LogP contribution in [0.2, 0.25) is 10.0 Å². The van der Waals surface area contributed by atoms with E-state index in [2.05, 4.69) is 20.1 Å². The summed E-state index contributed by atoms with van der Waals surface area (Å²) in [6.07, 6.45) is 1.85. The fourth-order valence-electron chi connectivity index (χ4n) is 4.21. The van der Waals surface area contributed by atoms with Gasteiger partial charge < -0.3 is 30.7 Å². The first-order chi connectivity index (χ1) is 16.9. The van der Waals surface area contributed by atoms with Crippen molar-refractivity contribution in [1.82, 2.24) is 14.7 Å². The van der Waals surface area contributed by atoms with Gasteiger partial charge in [0.05, 0.1) is 15.7 Å². The van der Waals surface area contributed by atoms with Crippen LogP contribution in [0, 0.1) is 11.5 Å². The van der Waals surface area contributed by atoms with Crippen LogP contribution in [0.25, 0.3) is 0 Å². The molecule has 184 valence electrons. The maximum atomic E-state index is 12.9. The van der Waals surface area contributed by atoms with Crippen LogP contribution >= 0.6 is 23.2 Å². The van der Waals surface area contributed by atoms with Crippen molar-refractivity contribution in [3.8, 4) is 6.19 Å². The summed E-state index contributed by atoms with van der Waals surface area (Å²) in [5, 5.41) is 13.0. The first-order valence-electron chi connectivity index (χ1n) is 11.4. The summed E-state index contributed by atoms with van der Waals surface area (Å²) in [5.74, 6) is 0.268. The summed E-state index contributed by atoms with van der Waals surface area (Å²) < 4.78 is 0. The van der Waals surface area contributed by atoms with Gasteiger partial charge in [0.25, 0.3) is 5.91 Å². The van der Waals surface area contributed by atoms with Crippen molar-refractivity contribution < 1.29 is 4.79 Å². The number of benzene rings is 2. The van der Waals surface area contributed by atoms with Gasteiger partial charge >= 0.3 is 0 Å². The predicted molar refractivity (Wildman–Crippen MR) is 141 cm³/mol. The molecule has 11 heteroatoms. The summed E-state index contributed by atoms with van der Waals surface area (Å²) in [6.45, 7) is 5.75. The predicted octanol–water partition coefficient (Wildman–Crippen LogP) is 3.03. The van der Waals surface area contributed by atoms with Gasteiger partial charge in [-0.1, -0.05) is 23.2 Å². The first kappa shape index (κ1) is 24.9. The summed E-state index contributed by atoms with van der Waals surface area (Å²) in [6, 6.07) is 11.0. The number of carbonyl (C=O) groups excluding carboxylic acids is 1. The van der Waals surface area contributed by atoms with Crippen molar-refractivity contribution in [2.24, 2.45) is 4.99 Å². The highest BCUT2D eigenvalue weighted by Gasteiger charge is 2.24. The molecule has 9 nitrogen and oxygen atoms in total. The molecule has 0 radical (unpaired) electrons. The average Bonchev–Trinajstić information content (AvgIpc) is 2.86. The van der Waals surface area contributed by atoms with E-state index < -0.39 is 0 Å². The first-order valence-corrected chi connectivity index (χ1v) is 12.2. The van der Waals surface area contributed by atoms with E-state index in [0.717, 1.165) is 37.6 Å². The molecule has 0 unspecified atom stereocenters. The number of nitriles is 1. The summed E-state index contributed by atoms with van der Waals surface area (Å²) in [5.41, 5.74) is 8.46. The molecule has 2 saturated heterocycles. The van der Waals surface area contributed by atoms with E-state index in [0.29, 0.717) is 53.4 Å². The van der Waals surface area contributed by atoms with Crippen LogP contribution in [-0.2, 0) is 0 Å². The Morgan fingerprint density at radius 1 is 0.971 bits per heavy atom. The number of amides is 1. The summed E-state index contributed by atoms with van der Waals surface area (Å²) >= 11 is 13.1. The number of nitrogens with zero attached hydrogens (tertiary/aromatic N) is 6.